The van der Waals surface area contributed by atoms with Crippen molar-refractivity contribution in [1.82, 2.24) is 4.90 Å². The normalized spacial score (nSPS) is 24.3. The van der Waals surface area contributed by atoms with E-state index < -0.39 is 0 Å². The average Bonchev–Trinajstić information content (AvgIpc) is 2.22. The first-order valence-corrected chi connectivity index (χ1v) is 5.78. The Hall–Kier alpha value is -0.890. The van der Waals surface area contributed by atoms with Gasteiger partial charge in [0.15, 0.2) is 0 Å². The summed E-state index contributed by atoms with van der Waals surface area (Å²) < 4.78 is 0. The lowest BCUT2D eigenvalue weighted by molar-refractivity contribution is -0.124. The molecule has 0 radical (unpaired) electrons. The van der Waals surface area contributed by atoms with Crippen molar-refractivity contribution < 1.29 is 4.79 Å². The summed E-state index contributed by atoms with van der Waals surface area (Å²) in [6.45, 7) is 9.30. The number of hydrogen-bond acceptors (Lipinski definition) is 2. The maximum Gasteiger partial charge on any atom is 0.150 e. The smallest absolute Gasteiger partial charge is 0.150 e. The van der Waals surface area contributed by atoms with E-state index in [9.17, 15) is 4.79 Å². The van der Waals surface area contributed by atoms with E-state index in [-0.39, 0.29) is 6.04 Å². The van der Waals surface area contributed by atoms with Crippen molar-refractivity contribution >= 4 is 5.78 Å². The van der Waals surface area contributed by atoms with Gasteiger partial charge in [-0.2, -0.15) is 0 Å². The van der Waals surface area contributed by atoms with Crippen LogP contribution in [0, 0.1) is 0 Å². The molecule has 0 aliphatic carbocycles. The number of rotatable bonds is 4. The van der Waals surface area contributed by atoms with Gasteiger partial charge in [-0.15, -0.1) is 13.2 Å². The Morgan fingerprint density at radius 2 is 2.07 bits per heavy atom. The maximum absolute atomic E-state index is 11.9. The number of ketones is 1. The second-order valence-electron chi connectivity index (χ2n) is 4.10. The van der Waals surface area contributed by atoms with E-state index in [2.05, 4.69) is 18.1 Å². The zero-order valence-electron chi connectivity index (χ0n) is 9.45. The fourth-order valence-corrected chi connectivity index (χ4v) is 2.14. The second-order valence-corrected chi connectivity index (χ2v) is 4.10. The first-order valence-electron chi connectivity index (χ1n) is 5.78. The standard InChI is InChI=1S/C13H21NO/c1-3-8-12-13(15)9-6-5-7-11-14(12)10-4-2/h3-4,12H,1-2,5-11H2. The molecule has 1 unspecified atom stereocenters. The molecule has 0 amide bonds. The van der Waals surface area contributed by atoms with Gasteiger partial charge in [0.25, 0.3) is 0 Å². The number of likely N-dealkylation sites (tertiary alicyclic amines) is 1. The van der Waals surface area contributed by atoms with Gasteiger partial charge in [0, 0.05) is 13.0 Å². The maximum atomic E-state index is 11.9. The van der Waals surface area contributed by atoms with Crippen LogP contribution in [-0.4, -0.2) is 29.8 Å². The Kier molecular flexibility index (Phi) is 5.33. The van der Waals surface area contributed by atoms with Crippen LogP contribution in [0.2, 0.25) is 0 Å². The molecule has 0 aromatic rings. The van der Waals surface area contributed by atoms with Crippen LogP contribution in [0.5, 0.6) is 0 Å². The van der Waals surface area contributed by atoms with Crippen molar-refractivity contribution in [3.05, 3.63) is 25.3 Å². The number of hydrogen-bond donors (Lipinski definition) is 0. The minimum absolute atomic E-state index is 0.0424. The third-order valence-electron chi connectivity index (χ3n) is 2.93. The Morgan fingerprint density at radius 3 is 2.73 bits per heavy atom. The molecule has 1 aliphatic heterocycles. The van der Waals surface area contributed by atoms with E-state index >= 15 is 0 Å². The molecule has 0 N–H and O–H groups in total. The van der Waals surface area contributed by atoms with Gasteiger partial charge in [-0.3, -0.25) is 9.69 Å². The molecule has 1 rings (SSSR count). The van der Waals surface area contributed by atoms with Gasteiger partial charge in [0.05, 0.1) is 6.04 Å². The van der Waals surface area contributed by atoms with Crippen LogP contribution < -0.4 is 0 Å². The van der Waals surface area contributed by atoms with Gasteiger partial charge in [-0.25, -0.2) is 0 Å². The van der Waals surface area contributed by atoms with Gasteiger partial charge in [0.2, 0.25) is 0 Å². The van der Waals surface area contributed by atoms with Crippen molar-refractivity contribution in [2.24, 2.45) is 0 Å². The number of carbonyl (C=O) groups is 1. The van der Waals surface area contributed by atoms with Crippen molar-refractivity contribution in [2.45, 2.75) is 38.1 Å². The first kappa shape index (κ1) is 12.2. The molecule has 15 heavy (non-hydrogen) atoms. The molecule has 1 fully saturated rings. The van der Waals surface area contributed by atoms with Crippen LogP contribution in [0.4, 0.5) is 0 Å². The van der Waals surface area contributed by atoms with Crippen LogP contribution >= 0.6 is 0 Å². The number of nitrogens with zero attached hydrogens (tertiary/aromatic N) is 1. The summed E-state index contributed by atoms with van der Waals surface area (Å²) in [6.07, 6.45) is 8.63. The van der Waals surface area contributed by atoms with E-state index in [1.165, 1.54) is 12.8 Å². The molecule has 1 saturated heterocycles. The van der Waals surface area contributed by atoms with Gasteiger partial charge in [0.1, 0.15) is 5.78 Å². The molecule has 0 saturated carbocycles. The van der Waals surface area contributed by atoms with E-state index in [1.54, 1.807) is 0 Å². The molecule has 1 heterocycles. The molecule has 0 aromatic carbocycles. The highest BCUT2D eigenvalue weighted by Gasteiger charge is 2.24. The number of Topliss-reactive ketones (excluding diaryl/α,β-unsaturated/α-hetero) is 1. The summed E-state index contributed by atoms with van der Waals surface area (Å²) in [6, 6.07) is 0.0424. The lowest BCUT2D eigenvalue weighted by atomic mass is 9.98. The monoisotopic (exact) mass is 207 g/mol. The van der Waals surface area contributed by atoms with E-state index in [0.717, 1.165) is 32.4 Å². The van der Waals surface area contributed by atoms with Gasteiger partial charge in [-0.1, -0.05) is 18.6 Å². The van der Waals surface area contributed by atoms with Crippen molar-refractivity contribution in [1.29, 1.82) is 0 Å². The van der Waals surface area contributed by atoms with Crippen molar-refractivity contribution in [3.8, 4) is 0 Å². The lowest BCUT2D eigenvalue weighted by Gasteiger charge is -2.30. The molecule has 1 aliphatic rings. The minimum atomic E-state index is 0.0424. The molecule has 2 nitrogen and oxygen atoms in total. The molecule has 0 spiro atoms. The SMILES string of the molecule is C=CCC1C(=O)CCCCCN1CC=C. The average molecular weight is 207 g/mol. The van der Waals surface area contributed by atoms with E-state index in [1.807, 2.05) is 12.2 Å². The van der Waals surface area contributed by atoms with E-state index in [0.29, 0.717) is 5.78 Å². The topological polar surface area (TPSA) is 20.3 Å². The Balaban J connectivity index is 2.69. The zero-order chi connectivity index (χ0) is 11.1. The van der Waals surface area contributed by atoms with Gasteiger partial charge < -0.3 is 0 Å². The van der Waals surface area contributed by atoms with Crippen LogP contribution in [0.3, 0.4) is 0 Å². The van der Waals surface area contributed by atoms with Crippen LogP contribution in [-0.2, 0) is 4.79 Å². The van der Waals surface area contributed by atoms with E-state index in [4.69, 9.17) is 0 Å². The Labute approximate surface area is 92.7 Å². The number of carbonyl (C=O) groups excluding carboxylic acids is 1. The summed E-state index contributed by atoms with van der Waals surface area (Å²) in [5, 5.41) is 0. The first-order chi connectivity index (χ1) is 7.29. The quantitative estimate of drug-likeness (QED) is 0.660. The summed E-state index contributed by atoms with van der Waals surface area (Å²) in [5.74, 6) is 0.372. The molecule has 0 bridgehead atoms. The highest BCUT2D eigenvalue weighted by Crippen LogP contribution is 2.16. The summed E-state index contributed by atoms with van der Waals surface area (Å²) in [5.41, 5.74) is 0. The Bertz CT molecular complexity index is 235. The van der Waals surface area contributed by atoms with Crippen LogP contribution in [0.15, 0.2) is 25.3 Å². The molecule has 1 atom stereocenters. The predicted molar refractivity (Wildman–Crippen MR) is 63.8 cm³/mol. The van der Waals surface area contributed by atoms with Crippen LogP contribution in [0.1, 0.15) is 32.1 Å². The Morgan fingerprint density at radius 1 is 1.27 bits per heavy atom. The summed E-state index contributed by atoms with van der Waals surface area (Å²) in [4.78, 5) is 14.2. The fraction of sp³-hybridized carbons (Fsp3) is 0.615. The third kappa shape index (κ3) is 3.63. The molecular formula is C13H21NO. The zero-order valence-corrected chi connectivity index (χ0v) is 9.45. The molecule has 0 aromatic heterocycles. The summed E-state index contributed by atoms with van der Waals surface area (Å²) >= 11 is 0. The molecule has 2 heteroatoms. The predicted octanol–water partition coefficient (Wildman–Crippen LogP) is 2.56. The molecular weight excluding hydrogens is 186 g/mol. The fourth-order valence-electron chi connectivity index (χ4n) is 2.14. The lowest BCUT2D eigenvalue weighted by Crippen LogP contribution is -2.42. The highest BCUT2D eigenvalue weighted by atomic mass is 16.1. The molecule has 84 valence electrons. The van der Waals surface area contributed by atoms with Gasteiger partial charge in [-0.05, 0) is 25.8 Å². The summed E-state index contributed by atoms with van der Waals surface area (Å²) in [7, 11) is 0. The largest absolute Gasteiger partial charge is 0.298 e. The van der Waals surface area contributed by atoms with Gasteiger partial charge >= 0.3 is 0 Å². The van der Waals surface area contributed by atoms with Crippen LogP contribution in [0.25, 0.3) is 0 Å². The van der Waals surface area contributed by atoms with Crippen molar-refractivity contribution in [2.75, 3.05) is 13.1 Å². The van der Waals surface area contributed by atoms with Crippen molar-refractivity contribution in [3.63, 3.8) is 0 Å². The minimum Gasteiger partial charge on any atom is -0.298 e. The third-order valence-corrected chi connectivity index (χ3v) is 2.93. The highest BCUT2D eigenvalue weighted by molar-refractivity contribution is 5.84. The second kappa shape index (κ2) is 6.57.